The normalized spacial score (nSPS) is 16.3. The summed E-state index contributed by atoms with van der Waals surface area (Å²) in [7, 11) is 0. The number of aryl methyl sites for hydroxylation is 1. The summed E-state index contributed by atoms with van der Waals surface area (Å²) in [5, 5.41) is 6.46. The second kappa shape index (κ2) is 8.47. The Morgan fingerprint density at radius 2 is 1.78 bits per heavy atom. The molecule has 2 aromatic rings. The highest BCUT2D eigenvalue weighted by Gasteiger charge is 2.18. The van der Waals surface area contributed by atoms with Gasteiger partial charge in [-0.05, 0) is 75.3 Å². The molecule has 0 spiro atoms. The Morgan fingerprint density at radius 1 is 1.07 bits per heavy atom. The quantitative estimate of drug-likeness (QED) is 0.805. The molecule has 1 unspecified atom stereocenters. The highest BCUT2D eigenvalue weighted by molar-refractivity contribution is 5.67. The molecule has 0 aromatic heterocycles. The molecule has 4 heteroatoms. The summed E-state index contributed by atoms with van der Waals surface area (Å²) in [6, 6.07) is 17.7. The first-order valence-electron chi connectivity index (χ1n) is 9.78. The molecular weight excluding hydrogens is 336 g/mol. The van der Waals surface area contributed by atoms with Gasteiger partial charge in [-0.25, -0.2) is 4.79 Å². The lowest BCUT2D eigenvalue weighted by atomic mass is 9.88. The minimum atomic E-state index is -0.461. The van der Waals surface area contributed by atoms with E-state index < -0.39 is 5.60 Å². The van der Waals surface area contributed by atoms with Crippen molar-refractivity contribution in [1.82, 2.24) is 5.32 Å². The average molecular weight is 367 g/mol. The van der Waals surface area contributed by atoms with Gasteiger partial charge in [0.25, 0.3) is 0 Å². The number of carbonyl (C=O) groups excluding carboxylic acids is 1. The molecule has 1 aliphatic carbocycles. The number of anilines is 1. The maximum atomic E-state index is 11.7. The van der Waals surface area contributed by atoms with Crippen molar-refractivity contribution in [2.75, 3.05) is 11.9 Å². The van der Waals surface area contributed by atoms with Crippen molar-refractivity contribution < 1.29 is 9.53 Å². The van der Waals surface area contributed by atoms with Crippen molar-refractivity contribution in [2.45, 2.75) is 58.1 Å². The number of nitrogens with one attached hydrogen (secondary N) is 2. The molecule has 144 valence electrons. The first-order chi connectivity index (χ1) is 12.9. The number of hydrogen-bond acceptors (Lipinski definition) is 3. The van der Waals surface area contributed by atoms with Crippen LogP contribution in [0.15, 0.2) is 48.5 Å². The average Bonchev–Trinajstić information content (AvgIpc) is 2.61. The largest absolute Gasteiger partial charge is 0.444 e. The molecule has 2 aromatic carbocycles. The minimum absolute atomic E-state index is 0.363. The van der Waals surface area contributed by atoms with Gasteiger partial charge in [-0.2, -0.15) is 0 Å². The highest BCUT2D eigenvalue weighted by Crippen LogP contribution is 2.23. The molecule has 0 radical (unpaired) electrons. The third kappa shape index (κ3) is 6.02. The van der Waals surface area contributed by atoms with Crippen molar-refractivity contribution >= 4 is 11.8 Å². The molecule has 2 N–H and O–H groups in total. The van der Waals surface area contributed by atoms with Crippen molar-refractivity contribution in [3.63, 3.8) is 0 Å². The van der Waals surface area contributed by atoms with Crippen molar-refractivity contribution in [1.29, 1.82) is 0 Å². The number of alkyl carbamates (subject to hydrolysis) is 1. The van der Waals surface area contributed by atoms with Gasteiger partial charge >= 0.3 is 6.09 Å². The molecule has 1 amide bonds. The second-order valence-electron chi connectivity index (χ2n) is 8.23. The summed E-state index contributed by atoms with van der Waals surface area (Å²) in [5.41, 5.74) is 4.85. The summed E-state index contributed by atoms with van der Waals surface area (Å²) >= 11 is 0. The van der Waals surface area contributed by atoms with E-state index in [1.54, 1.807) is 0 Å². The molecule has 0 heterocycles. The maximum Gasteiger partial charge on any atom is 0.407 e. The first-order valence-corrected chi connectivity index (χ1v) is 9.78. The molecule has 4 nitrogen and oxygen atoms in total. The van der Waals surface area contributed by atoms with Crippen molar-refractivity contribution in [3.8, 4) is 0 Å². The van der Waals surface area contributed by atoms with Gasteiger partial charge in [0.05, 0.1) is 0 Å². The van der Waals surface area contributed by atoms with Gasteiger partial charge in [0, 0.05) is 18.3 Å². The smallest absolute Gasteiger partial charge is 0.407 e. The number of hydrogen-bond donors (Lipinski definition) is 2. The van der Waals surface area contributed by atoms with E-state index in [2.05, 4.69) is 59.2 Å². The van der Waals surface area contributed by atoms with Crippen LogP contribution in [0.2, 0.25) is 0 Å². The second-order valence-corrected chi connectivity index (χ2v) is 8.23. The van der Waals surface area contributed by atoms with Gasteiger partial charge < -0.3 is 15.4 Å². The zero-order valence-electron chi connectivity index (χ0n) is 16.5. The van der Waals surface area contributed by atoms with E-state index in [0.717, 1.165) is 24.9 Å². The van der Waals surface area contributed by atoms with Crippen molar-refractivity contribution in [2.24, 2.45) is 0 Å². The fraction of sp³-hybridized carbons (Fsp3) is 0.435. The van der Waals surface area contributed by atoms with E-state index in [4.69, 9.17) is 4.74 Å². The van der Waals surface area contributed by atoms with E-state index in [0.29, 0.717) is 12.6 Å². The van der Waals surface area contributed by atoms with Gasteiger partial charge in [-0.15, -0.1) is 0 Å². The summed E-state index contributed by atoms with van der Waals surface area (Å²) < 4.78 is 5.24. The van der Waals surface area contributed by atoms with Crippen LogP contribution in [-0.2, 0) is 24.0 Å². The Hall–Kier alpha value is -2.49. The van der Waals surface area contributed by atoms with Gasteiger partial charge in [0.1, 0.15) is 5.60 Å². The van der Waals surface area contributed by atoms with E-state index in [1.807, 2.05) is 20.8 Å². The lowest BCUT2D eigenvalue weighted by molar-refractivity contribution is 0.0528. The highest BCUT2D eigenvalue weighted by atomic mass is 16.6. The number of carbonyl (C=O) groups is 1. The Bertz CT molecular complexity index is 763. The number of ether oxygens (including phenoxy) is 1. The van der Waals surface area contributed by atoms with E-state index in [-0.39, 0.29) is 6.09 Å². The molecule has 0 bridgehead atoms. The zero-order chi connectivity index (χ0) is 19.3. The van der Waals surface area contributed by atoms with Gasteiger partial charge in [0.2, 0.25) is 0 Å². The number of fused-ring (bicyclic) bond motifs is 1. The molecule has 0 saturated carbocycles. The van der Waals surface area contributed by atoms with Crippen LogP contribution >= 0.6 is 0 Å². The van der Waals surface area contributed by atoms with Crippen LogP contribution in [0, 0.1) is 0 Å². The molecule has 0 saturated heterocycles. The van der Waals surface area contributed by atoms with Crippen molar-refractivity contribution in [3.05, 3.63) is 65.2 Å². The summed E-state index contributed by atoms with van der Waals surface area (Å²) in [6.07, 6.45) is 3.81. The third-order valence-corrected chi connectivity index (χ3v) is 4.75. The topological polar surface area (TPSA) is 50.4 Å². The first kappa shape index (κ1) is 19.3. The zero-order valence-corrected chi connectivity index (χ0v) is 16.5. The molecule has 1 atom stereocenters. The van der Waals surface area contributed by atoms with Crippen LogP contribution in [-0.4, -0.2) is 24.3 Å². The summed E-state index contributed by atoms with van der Waals surface area (Å²) in [4.78, 5) is 11.7. The minimum Gasteiger partial charge on any atom is -0.444 e. The predicted molar refractivity (Wildman–Crippen MR) is 110 cm³/mol. The predicted octanol–water partition coefficient (Wildman–Crippen LogP) is 4.72. The van der Waals surface area contributed by atoms with Gasteiger partial charge in [-0.1, -0.05) is 36.4 Å². The number of rotatable bonds is 5. The lowest BCUT2D eigenvalue weighted by Gasteiger charge is -2.26. The Morgan fingerprint density at radius 3 is 2.48 bits per heavy atom. The van der Waals surface area contributed by atoms with Crippen LogP contribution in [0.1, 0.15) is 43.9 Å². The van der Waals surface area contributed by atoms with Crippen LogP contribution < -0.4 is 10.6 Å². The van der Waals surface area contributed by atoms with Crippen LogP contribution in [0.4, 0.5) is 10.5 Å². The number of benzene rings is 2. The monoisotopic (exact) mass is 366 g/mol. The summed E-state index contributed by atoms with van der Waals surface area (Å²) in [5.74, 6) is 0. The lowest BCUT2D eigenvalue weighted by Crippen LogP contribution is -2.33. The third-order valence-electron chi connectivity index (χ3n) is 4.75. The van der Waals surface area contributed by atoms with E-state index in [1.165, 1.54) is 23.1 Å². The summed E-state index contributed by atoms with van der Waals surface area (Å²) in [6.45, 7) is 6.16. The van der Waals surface area contributed by atoms with E-state index in [9.17, 15) is 4.79 Å². The molecule has 3 rings (SSSR count). The molecular formula is C23H30N2O2. The molecule has 0 aliphatic heterocycles. The molecule has 0 fully saturated rings. The molecule has 27 heavy (non-hydrogen) atoms. The SMILES string of the molecule is CC(C)(C)OC(=O)NCCc1ccc(NC2CCc3ccccc3C2)cc1. The Labute approximate surface area is 162 Å². The Kier molecular flexibility index (Phi) is 6.04. The maximum absolute atomic E-state index is 11.7. The standard InChI is InChI=1S/C23H30N2O2/c1-23(2,3)27-22(26)24-15-14-17-8-11-20(12-9-17)25-21-13-10-18-6-4-5-7-19(18)16-21/h4-9,11-12,21,25H,10,13-16H2,1-3H3,(H,24,26). The van der Waals surface area contributed by atoms with Crippen LogP contribution in [0.5, 0.6) is 0 Å². The van der Waals surface area contributed by atoms with E-state index >= 15 is 0 Å². The van der Waals surface area contributed by atoms with Gasteiger partial charge in [-0.3, -0.25) is 0 Å². The Balaban J connectivity index is 1.45. The fourth-order valence-corrected chi connectivity index (χ4v) is 3.45. The van der Waals surface area contributed by atoms with Crippen LogP contribution in [0.25, 0.3) is 0 Å². The fourth-order valence-electron chi connectivity index (χ4n) is 3.45. The molecule has 1 aliphatic rings. The number of amides is 1. The van der Waals surface area contributed by atoms with Gasteiger partial charge in [0.15, 0.2) is 0 Å². The van der Waals surface area contributed by atoms with Crippen LogP contribution in [0.3, 0.4) is 0 Å².